The quantitative estimate of drug-likeness (QED) is 0.577. The first-order valence-corrected chi connectivity index (χ1v) is 5.02. The van der Waals surface area contributed by atoms with Gasteiger partial charge in [-0.1, -0.05) is 11.6 Å². The molecule has 0 saturated carbocycles. The molecule has 0 fully saturated rings. The summed E-state index contributed by atoms with van der Waals surface area (Å²) in [4.78, 5) is 11.4. The van der Waals surface area contributed by atoms with E-state index in [2.05, 4.69) is 0 Å². The van der Waals surface area contributed by atoms with Gasteiger partial charge in [-0.2, -0.15) is 0 Å². The van der Waals surface area contributed by atoms with Crippen LogP contribution in [-0.4, -0.2) is 11.7 Å². The summed E-state index contributed by atoms with van der Waals surface area (Å²) in [5, 5.41) is 0.277. The number of alkyl halides is 1. The Bertz CT molecular complexity index is 363. The largest absolute Gasteiger partial charge is 0.294 e. The number of carbonyl (C=O) groups is 1. The highest BCUT2D eigenvalue weighted by molar-refractivity contribution is 6.34. The lowest BCUT2D eigenvalue weighted by molar-refractivity contribution is 0.0989. The fourth-order valence-corrected chi connectivity index (χ4v) is 1.58. The highest BCUT2D eigenvalue weighted by atomic mass is 35.5. The van der Waals surface area contributed by atoms with E-state index in [1.165, 1.54) is 6.07 Å². The number of halogens is 3. The average Bonchev–Trinajstić information content (AvgIpc) is 2.11. The summed E-state index contributed by atoms with van der Waals surface area (Å²) in [7, 11) is 0. The van der Waals surface area contributed by atoms with Gasteiger partial charge >= 0.3 is 0 Å². The molecule has 0 aliphatic rings. The average molecular weight is 235 g/mol. The van der Waals surface area contributed by atoms with E-state index in [1.807, 2.05) is 0 Å². The van der Waals surface area contributed by atoms with Crippen LogP contribution in [0.3, 0.4) is 0 Å². The van der Waals surface area contributed by atoms with Gasteiger partial charge in [-0.05, 0) is 24.6 Å². The number of Topliss-reactive ketones (excluding diaryl/α,β-unsaturated/α-hetero) is 1. The first-order valence-electron chi connectivity index (χ1n) is 4.11. The number of benzene rings is 1. The molecule has 1 aromatic carbocycles. The second kappa shape index (κ2) is 4.76. The monoisotopic (exact) mass is 234 g/mol. The minimum atomic E-state index is -0.424. The highest BCUT2D eigenvalue weighted by Crippen LogP contribution is 2.21. The van der Waals surface area contributed by atoms with Crippen LogP contribution in [0.2, 0.25) is 5.02 Å². The molecule has 76 valence electrons. The van der Waals surface area contributed by atoms with Crippen LogP contribution >= 0.6 is 23.2 Å². The predicted octanol–water partition coefficient (Wildman–Crippen LogP) is 3.60. The lowest BCUT2D eigenvalue weighted by atomic mass is 10.1. The van der Waals surface area contributed by atoms with E-state index in [1.54, 1.807) is 6.92 Å². The minimum Gasteiger partial charge on any atom is -0.294 e. The summed E-state index contributed by atoms with van der Waals surface area (Å²) in [6.07, 6.45) is 0.170. The summed E-state index contributed by atoms with van der Waals surface area (Å²) in [6.45, 7) is 1.59. The van der Waals surface area contributed by atoms with Crippen molar-refractivity contribution in [1.29, 1.82) is 0 Å². The highest BCUT2D eigenvalue weighted by Gasteiger charge is 2.12. The Labute approximate surface area is 91.8 Å². The summed E-state index contributed by atoms with van der Waals surface area (Å²) in [5.41, 5.74) is 0.632. The topological polar surface area (TPSA) is 17.1 Å². The van der Waals surface area contributed by atoms with Crippen LogP contribution in [0.5, 0.6) is 0 Å². The number of carbonyl (C=O) groups excluding carboxylic acids is 1. The number of hydrogen-bond donors (Lipinski definition) is 0. The Morgan fingerprint density at radius 1 is 1.50 bits per heavy atom. The molecule has 0 aliphatic carbocycles. The van der Waals surface area contributed by atoms with Crippen LogP contribution in [-0.2, 0) is 0 Å². The number of ketones is 1. The summed E-state index contributed by atoms with van der Waals surface area (Å²) < 4.78 is 13.1. The Kier molecular flexibility index (Phi) is 3.90. The van der Waals surface area contributed by atoms with Crippen LogP contribution in [0.25, 0.3) is 0 Å². The molecule has 0 saturated heterocycles. The Morgan fingerprint density at radius 3 is 2.71 bits per heavy atom. The molecule has 1 aromatic rings. The van der Waals surface area contributed by atoms with Gasteiger partial charge in [0, 0.05) is 17.9 Å². The Morgan fingerprint density at radius 2 is 2.14 bits per heavy atom. The van der Waals surface area contributed by atoms with E-state index in [4.69, 9.17) is 23.2 Å². The molecule has 0 aliphatic heterocycles. The van der Waals surface area contributed by atoms with E-state index < -0.39 is 5.82 Å². The van der Waals surface area contributed by atoms with Crippen LogP contribution < -0.4 is 0 Å². The zero-order chi connectivity index (χ0) is 10.7. The normalized spacial score (nSPS) is 10.3. The van der Waals surface area contributed by atoms with Crippen molar-refractivity contribution in [3.8, 4) is 0 Å². The van der Waals surface area contributed by atoms with E-state index in [9.17, 15) is 9.18 Å². The molecule has 14 heavy (non-hydrogen) atoms. The second-order valence-corrected chi connectivity index (χ2v) is 3.73. The van der Waals surface area contributed by atoms with E-state index in [-0.39, 0.29) is 28.7 Å². The SMILES string of the molecule is Cc1cc(Cl)c(C(=O)CCCl)cc1F. The molecule has 0 spiro atoms. The van der Waals surface area contributed by atoms with Gasteiger partial charge in [-0.15, -0.1) is 11.6 Å². The van der Waals surface area contributed by atoms with Crippen molar-refractivity contribution in [3.63, 3.8) is 0 Å². The number of hydrogen-bond acceptors (Lipinski definition) is 1. The van der Waals surface area contributed by atoms with Crippen molar-refractivity contribution >= 4 is 29.0 Å². The van der Waals surface area contributed by atoms with E-state index in [0.29, 0.717) is 5.56 Å². The van der Waals surface area contributed by atoms with Gasteiger partial charge < -0.3 is 0 Å². The molecule has 4 heteroatoms. The Hall–Kier alpha value is -0.600. The van der Waals surface area contributed by atoms with Crippen molar-refractivity contribution in [2.45, 2.75) is 13.3 Å². The second-order valence-electron chi connectivity index (χ2n) is 2.94. The summed E-state index contributed by atoms with van der Waals surface area (Å²) in [6, 6.07) is 2.60. The fraction of sp³-hybridized carbons (Fsp3) is 0.300. The minimum absolute atomic E-state index is 0.170. The zero-order valence-electron chi connectivity index (χ0n) is 7.61. The molecule has 0 bridgehead atoms. The zero-order valence-corrected chi connectivity index (χ0v) is 9.12. The molecule has 0 radical (unpaired) electrons. The number of aryl methyl sites for hydroxylation is 1. The van der Waals surface area contributed by atoms with Gasteiger partial charge in [0.1, 0.15) is 5.82 Å². The van der Waals surface area contributed by atoms with E-state index >= 15 is 0 Å². The summed E-state index contributed by atoms with van der Waals surface area (Å²) in [5.74, 6) is -0.443. The molecule has 0 aromatic heterocycles. The lowest BCUT2D eigenvalue weighted by Gasteiger charge is -2.04. The first kappa shape index (κ1) is 11.5. The van der Waals surface area contributed by atoms with Crippen molar-refractivity contribution < 1.29 is 9.18 Å². The molecule has 0 heterocycles. The van der Waals surface area contributed by atoms with Gasteiger partial charge in [0.2, 0.25) is 0 Å². The maximum Gasteiger partial charge on any atom is 0.165 e. The van der Waals surface area contributed by atoms with Gasteiger partial charge in [-0.3, -0.25) is 4.79 Å². The molecule has 0 unspecified atom stereocenters. The third-order valence-electron chi connectivity index (χ3n) is 1.87. The standard InChI is InChI=1S/C10H9Cl2FO/c1-6-4-8(12)7(5-9(6)13)10(14)2-3-11/h4-5H,2-3H2,1H3. The molecule has 1 rings (SSSR count). The molecular weight excluding hydrogens is 226 g/mol. The predicted molar refractivity (Wildman–Crippen MR) is 55.8 cm³/mol. The third kappa shape index (κ3) is 2.46. The molecule has 0 atom stereocenters. The maximum atomic E-state index is 13.1. The smallest absolute Gasteiger partial charge is 0.165 e. The van der Waals surface area contributed by atoms with Crippen LogP contribution in [0, 0.1) is 12.7 Å². The summed E-state index contributed by atoms with van der Waals surface area (Å²) >= 11 is 11.2. The van der Waals surface area contributed by atoms with Gasteiger partial charge in [0.15, 0.2) is 5.78 Å². The van der Waals surface area contributed by atoms with Crippen LogP contribution in [0.1, 0.15) is 22.3 Å². The Balaban J connectivity index is 3.09. The fourth-order valence-electron chi connectivity index (χ4n) is 1.08. The molecular formula is C10H9Cl2FO. The third-order valence-corrected chi connectivity index (χ3v) is 2.37. The maximum absolute atomic E-state index is 13.1. The molecule has 0 N–H and O–H groups in total. The van der Waals surface area contributed by atoms with Crippen molar-refractivity contribution in [1.82, 2.24) is 0 Å². The molecule has 1 nitrogen and oxygen atoms in total. The van der Waals surface area contributed by atoms with Crippen LogP contribution in [0.4, 0.5) is 4.39 Å². The van der Waals surface area contributed by atoms with Crippen LogP contribution in [0.15, 0.2) is 12.1 Å². The van der Waals surface area contributed by atoms with E-state index in [0.717, 1.165) is 6.07 Å². The van der Waals surface area contributed by atoms with Gasteiger partial charge in [0.25, 0.3) is 0 Å². The lowest BCUT2D eigenvalue weighted by Crippen LogP contribution is -2.02. The number of rotatable bonds is 3. The van der Waals surface area contributed by atoms with Crippen molar-refractivity contribution in [3.05, 3.63) is 34.1 Å². The first-order chi connectivity index (χ1) is 6.56. The molecule has 0 amide bonds. The van der Waals surface area contributed by atoms with Gasteiger partial charge in [-0.25, -0.2) is 4.39 Å². The van der Waals surface area contributed by atoms with Gasteiger partial charge in [0.05, 0.1) is 5.02 Å². The van der Waals surface area contributed by atoms with Crippen molar-refractivity contribution in [2.24, 2.45) is 0 Å². The van der Waals surface area contributed by atoms with Crippen molar-refractivity contribution in [2.75, 3.05) is 5.88 Å².